The average Bonchev–Trinajstić information content (AvgIpc) is 2.95. The van der Waals surface area contributed by atoms with E-state index in [-0.39, 0.29) is 36.6 Å². The first-order chi connectivity index (χ1) is 18.4. The Morgan fingerprint density at radius 2 is 1.68 bits per heavy atom. The fourth-order valence-corrected chi connectivity index (χ4v) is 4.54. The third-order valence-corrected chi connectivity index (χ3v) is 6.75. The molecule has 1 aliphatic heterocycles. The van der Waals surface area contributed by atoms with Gasteiger partial charge in [-0.05, 0) is 48.2 Å². The number of aromatic nitrogens is 2. The summed E-state index contributed by atoms with van der Waals surface area (Å²) in [5.41, 5.74) is 3.46. The molecule has 0 aliphatic carbocycles. The lowest BCUT2D eigenvalue weighted by Gasteiger charge is -2.32. The molecule has 0 saturated carbocycles. The van der Waals surface area contributed by atoms with Gasteiger partial charge in [-0.2, -0.15) is 0 Å². The smallest absolute Gasteiger partial charge is 0.293 e. The summed E-state index contributed by atoms with van der Waals surface area (Å²) in [4.78, 5) is 31.6. The molecule has 0 spiro atoms. The van der Waals surface area contributed by atoms with Crippen molar-refractivity contribution in [1.29, 1.82) is 0 Å². The van der Waals surface area contributed by atoms with Crippen molar-refractivity contribution in [3.05, 3.63) is 93.2 Å². The van der Waals surface area contributed by atoms with Gasteiger partial charge in [-0.1, -0.05) is 36.1 Å². The van der Waals surface area contributed by atoms with Crippen LogP contribution < -0.4 is 10.9 Å². The number of aromatic amines is 1. The summed E-state index contributed by atoms with van der Waals surface area (Å²) in [6.45, 7) is 2.02. The summed E-state index contributed by atoms with van der Waals surface area (Å²) < 4.78 is 0. The third-order valence-electron chi connectivity index (χ3n) is 6.75. The van der Waals surface area contributed by atoms with E-state index in [0.717, 1.165) is 49.2 Å². The summed E-state index contributed by atoms with van der Waals surface area (Å²) >= 11 is 0. The molecule has 1 saturated heterocycles. The molecule has 3 aromatic rings. The number of aliphatic hydroxyl groups is 2. The number of nitrogens with one attached hydrogen (secondary N) is 2. The summed E-state index contributed by atoms with van der Waals surface area (Å²) in [6.07, 6.45) is 3.22. The van der Waals surface area contributed by atoms with Crippen molar-refractivity contribution in [2.45, 2.75) is 37.8 Å². The number of amides is 1. The van der Waals surface area contributed by atoms with Crippen molar-refractivity contribution < 1.29 is 20.1 Å². The molecule has 1 aromatic heterocycles. The number of rotatable bonds is 8. The topological polar surface area (TPSA) is 139 Å². The second-order valence-electron chi connectivity index (χ2n) is 9.46. The first-order valence-electron chi connectivity index (χ1n) is 12.6. The molecule has 1 atom stereocenters. The van der Waals surface area contributed by atoms with E-state index < -0.39 is 17.9 Å². The molecule has 1 unspecified atom stereocenters. The normalized spacial score (nSPS) is 14.9. The molecule has 4 rings (SSSR count). The molecule has 198 valence electrons. The highest BCUT2D eigenvalue weighted by molar-refractivity contribution is 5.77. The van der Waals surface area contributed by atoms with Gasteiger partial charge in [-0.15, -0.1) is 0 Å². The van der Waals surface area contributed by atoms with E-state index in [1.165, 1.54) is 11.9 Å². The van der Waals surface area contributed by atoms with Gasteiger partial charge in [0, 0.05) is 49.1 Å². The minimum Gasteiger partial charge on any atom is -0.502 e. The molecule has 0 radical (unpaired) electrons. The summed E-state index contributed by atoms with van der Waals surface area (Å²) in [6, 6.07) is 15.9. The van der Waals surface area contributed by atoms with Gasteiger partial charge in [0.1, 0.15) is 6.61 Å². The van der Waals surface area contributed by atoms with E-state index in [1.54, 1.807) is 0 Å². The summed E-state index contributed by atoms with van der Waals surface area (Å²) in [7, 11) is 0. The molecule has 38 heavy (non-hydrogen) atoms. The van der Waals surface area contributed by atoms with Gasteiger partial charge >= 0.3 is 0 Å². The highest BCUT2D eigenvalue weighted by Gasteiger charge is 2.20. The van der Waals surface area contributed by atoms with Crippen molar-refractivity contribution in [3.8, 4) is 17.6 Å². The first kappa shape index (κ1) is 27.1. The van der Waals surface area contributed by atoms with E-state index in [4.69, 9.17) is 5.11 Å². The highest BCUT2D eigenvalue weighted by atomic mass is 16.3. The number of carbonyl (C=O) groups is 1. The van der Waals surface area contributed by atoms with Crippen LogP contribution in [0.1, 0.15) is 46.7 Å². The van der Waals surface area contributed by atoms with Crippen LogP contribution in [0, 0.1) is 11.8 Å². The molecule has 0 bridgehead atoms. The molecule has 1 aliphatic rings. The van der Waals surface area contributed by atoms with E-state index in [1.807, 2.05) is 36.4 Å². The van der Waals surface area contributed by atoms with Crippen LogP contribution in [0.25, 0.3) is 0 Å². The van der Waals surface area contributed by atoms with Gasteiger partial charge in [-0.25, -0.2) is 4.98 Å². The second-order valence-corrected chi connectivity index (χ2v) is 9.46. The number of benzene rings is 2. The van der Waals surface area contributed by atoms with E-state index in [2.05, 4.69) is 44.2 Å². The third kappa shape index (κ3) is 7.29. The Hall–Kier alpha value is -3.97. The van der Waals surface area contributed by atoms with Gasteiger partial charge in [0.05, 0.1) is 18.6 Å². The van der Waals surface area contributed by atoms with Crippen LogP contribution in [-0.4, -0.2) is 68.4 Å². The number of aromatic hydroxyl groups is 1. The molecule has 1 fully saturated rings. The number of nitrogens with zero attached hydrogens (tertiary/aromatic N) is 2. The largest absolute Gasteiger partial charge is 0.502 e. The number of hydrogen-bond donors (Lipinski definition) is 5. The lowest BCUT2D eigenvalue weighted by atomic mass is 9.94. The van der Waals surface area contributed by atoms with Crippen molar-refractivity contribution in [3.63, 3.8) is 0 Å². The van der Waals surface area contributed by atoms with Crippen molar-refractivity contribution in [1.82, 2.24) is 20.2 Å². The van der Waals surface area contributed by atoms with Crippen LogP contribution >= 0.6 is 0 Å². The lowest BCUT2D eigenvalue weighted by Crippen LogP contribution is -2.45. The van der Waals surface area contributed by atoms with Crippen LogP contribution in [0.5, 0.6) is 5.75 Å². The fraction of sp³-hybridized carbons (Fsp3) is 0.345. The summed E-state index contributed by atoms with van der Waals surface area (Å²) in [5, 5.41) is 31.5. The van der Waals surface area contributed by atoms with Gasteiger partial charge < -0.3 is 25.6 Å². The number of carbonyl (C=O) groups excluding carboxylic acids is 1. The van der Waals surface area contributed by atoms with Crippen LogP contribution in [0.3, 0.4) is 0 Å². The molecular weight excluding hydrogens is 484 g/mol. The predicted octanol–water partition coefficient (Wildman–Crippen LogP) is 1.27. The predicted molar refractivity (Wildman–Crippen MR) is 142 cm³/mol. The van der Waals surface area contributed by atoms with Crippen LogP contribution in [0.4, 0.5) is 0 Å². The molecule has 2 aromatic carbocycles. The zero-order chi connectivity index (χ0) is 26.9. The van der Waals surface area contributed by atoms with Crippen LogP contribution in [0.2, 0.25) is 0 Å². The van der Waals surface area contributed by atoms with Gasteiger partial charge in [0.15, 0.2) is 0 Å². The van der Waals surface area contributed by atoms with Gasteiger partial charge in [0.25, 0.3) is 5.56 Å². The Morgan fingerprint density at radius 1 is 1.05 bits per heavy atom. The first-order valence-corrected chi connectivity index (χ1v) is 12.6. The number of H-pyrrole nitrogens is 1. The van der Waals surface area contributed by atoms with E-state index >= 15 is 0 Å². The SMILES string of the molecule is O=C(CO)NC1CCN(Cc2ccc(C#Cc3ccc(C(CO)Cc4nc[nH]c(=O)c4O)cc3)cc2)CC1. The van der Waals surface area contributed by atoms with Crippen molar-refractivity contribution >= 4 is 5.91 Å². The Labute approximate surface area is 221 Å². The Balaban J connectivity index is 1.31. The highest BCUT2D eigenvalue weighted by Crippen LogP contribution is 2.23. The standard InChI is InChI=1S/C29H32N4O5/c34-17-24(15-26-28(37)29(38)31-19-30-26)23-9-7-21(8-10-23)2-1-20-3-5-22(6-4-20)16-33-13-11-25(12-14-33)32-27(36)18-35/h3-10,19,24-25,34-35,37H,11-18H2,(H,32,36)(H,30,31,38). The fourth-order valence-electron chi connectivity index (χ4n) is 4.54. The quantitative estimate of drug-likeness (QED) is 0.284. The average molecular weight is 517 g/mol. The number of aliphatic hydroxyl groups excluding tert-OH is 2. The van der Waals surface area contributed by atoms with Crippen LogP contribution in [0.15, 0.2) is 59.7 Å². The molecule has 5 N–H and O–H groups in total. The second kappa shape index (κ2) is 13.0. The number of hydrogen-bond acceptors (Lipinski definition) is 7. The van der Waals surface area contributed by atoms with E-state index in [9.17, 15) is 19.8 Å². The maximum absolute atomic E-state index is 11.6. The maximum atomic E-state index is 11.6. The molecule has 9 heteroatoms. The van der Waals surface area contributed by atoms with Gasteiger partial charge in [-0.3, -0.25) is 14.5 Å². The number of piperidine rings is 1. The minimum atomic E-state index is -0.600. The van der Waals surface area contributed by atoms with Gasteiger partial charge in [0.2, 0.25) is 11.7 Å². The zero-order valence-electron chi connectivity index (χ0n) is 21.1. The molecule has 2 heterocycles. The maximum Gasteiger partial charge on any atom is 0.293 e. The molecule has 1 amide bonds. The van der Waals surface area contributed by atoms with Crippen LogP contribution in [-0.2, 0) is 17.8 Å². The molecule has 9 nitrogen and oxygen atoms in total. The Kier molecular flexibility index (Phi) is 9.27. The summed E-state index contributed by atoms with van der Waals surface area (Å²) in [5.74, 6) is 5.30. The lowest BCUT2D eigenvalue weighted by molar-refractivity contribution is -0.124. The number of likely N-dealkylation sites (tertiary alicyclic amines) is 1. The zero-order valence-corrected chi connectivity index (χ0v) is 21.1. The molecular formula is C29H32N4O5. The Bertz CT molecular complexity index is 1330. The van der Waals surface area contributed by atoms with Crippen molar-refractivity contribution in [2.75, 3.05) is 26.3 Å². The monoisotopic (exact) mass is 516 g/mol. The Morgan fingerprint density at radius 3 is 2.29 bits per heavy atom. The van der Waals surface area contributed by atoms with Crippen molar-refractivity contribution in [2.24, 2.45) is 0 Å². The minimum absolute atomic E-state index is 0.132. The van der Waals surface area contributed by atoms with E-state index in [0.29, 0.717) is 0 Å².